The Morgan fingerprint density at radius 2 is 1.90 bits per heavy atom. The van der Waals surface area contributed by atoms with Crippen molar-refractivity contribution in [3.05, 3.63) is 63.9 Å². The normalized spacial score (nSPS) is 22.3. The van der Waals surface area contributed by atoms with Gasteiger partial charge >= 0.3 is 0 Å². The average molecular weight is 414 g/mol. The molecule has 6 nitrogen and oxygen atoms in total. The first-order valence-corrected chi connectivity index (χ1v) is 10.8. The lowest BCUT2D eigenvalue weighted by Crippen LogP contribution is -3.14. The summed E-state index contributed by atoms with van der Waals surface area (Å²) in [5.74, 6) is -1.25. The third-order valence-corrected chi connectivity index (χ3v) is 6.45. The predicted molar refractivity (Wildman–Crippen MR) is 111 cm³/mol. The van der Waals surface area contributed by atoms with E-state index in [1.54, 1.807) is 29.2 Å². The summed E-state index contributed by atoms with van der Waals surface area (Å²) < 4.78 is 5.40. The summed E-state index contributed by atoms with van der Waals surface area (Å²) in [5.41, 5.74) is 0.729. The number of nitrogens with zero attached hydrogens (tertiary/aromatic N) is 1. The zero-order chi connectivity index (χ0) is 20.2. The van der Waals surface area contributed by atoms with Crippen molar-refractivity contribution in [1.29, 1.82) is 0 Å². The number of nitrogens with one attached hydrogen (secondary N) is 1. The summed E-state index contributed by atoms with van der Waals surface area (Å²) in [6.07, 6.45) is 0.801. The van der Waals surface area contributed by atoms with E-state index in [2.05, 4.69) is 0 Å². The topological polar surface area (TPSA) is 71.3 Å². The Morgan fingerprint density at radius 1 is 1.14 bits per heavy atom. The van der Waals surface area contributed by atoms with Crippen LogP contribution in [0, 0.1) is 0 Å². The van der Waals surface area contributed by atoms with Gasteiger partial charge in [-0.25, -0.2) is 0 Å². The van der Waals surface area contributed by atoms with E-state index in [9.17, 15) is 14.7 Å². The van der Waals surface area contributed by atoms with Gasteiger partial charge in [0.1, 0.15) is 18.8 Å². The summed E-state index contributed by atoms with van der Waals surface area (Å²) in [5, 5.41) is 12.8. The van der Waals surface area contributed by atoms with Gasteiger partial charge in [-0.1, -0.05) is 36.4 Å². The Labute approximate surface area is 174 Å². The number of amides is 1. The number of thiophene rings is 1. The molecule has 2 aliphatic heterocycles. The van der Waals surface area contributed by atoms with Crippen LogP contribution in [0.2, 0.25) is 0 Å². The summed E-state index contributed by atoms with van der Waals surface area (Å²) in [7, 11) is 0. The highest BCUT2D eigenvalue weighted by molar-refractivity contribution is 7.10. The highest BCUT2D eigenvalue weighted by Gasteiger charge is 2.46. The molecular formula is C22H25N2O4S+. The van der Waals surface area contributed by atoms with Gasteiger partial charge in [0.25, 0.3) is 11.7 Å². The van der Waals surface area contributed by atoms with E-state index in [-0.39, 0.29) is 11.3 Å². The smallest absolute Gasteiger partial charge is 0.295 e. The minimum absolute atomic E-state index is 0.108. The van der Waals surface area contributed by atoms with Gasteiger partial charge in [-0.2, -0.15) is 0 Å². The molecule has 2 aromatic rings. The number of morpholine rings is 1. The largest absolute Gasteiger partial charge is 0.507 e. The predicted octanol–water partition coefficient (Wildman–Crippen LogP) is 1.48. The minimum atomic E-state index is -0.608. The van der Waals surface area contributed by atoms with Gasteiger partial charge in [0, 0.05) is 23.4 Å². The number of Topliss-reactive ketones (excluding diaryl/α,β-unsaturated/α-hetero) is 1. The van der Waals surface area contributed by atoms with E-state index in [1.165, 1.54) is 16.2 Å². The number of hydrogen-bond acceptors (Lipinski definition) is 5. The molecule has 2 aliphatic rings. The van der Waals surface area contributed by atoms with Gasteiger partial charge in [-0.15, -0.1) is 11.3 Å². The van der Waals surface area contributed by atoms with E-state index in [4.69, 9.17) is 4.74 Å². The molecular weight excluding hydrogens is 388 g/mol. The van der Waals surface area contributed by atoms with Crippen LogP contribution in [0.15, 0.2) is 53.4 Å². The monoisotopic (exact) mass is 413 g/mol. The van der Waals surface area contributed by atoms with Crippen molar-refractivity contribution in [2.24, 2.45) is 0 Å². The lowest BCUT2D eigenvalue weighted by Gasteiger charge is -2.27. The van der Waals surface area contributed by atoms with Crippen molar-refractivity contribution in [3.63, 3.8) is 0 Å². The number of aliphatic hydroxyl groups is 1. The number of carbonyl (C=O) groups excluding carboxylic acids is 2. The lowest BCUT2D eigenvalue weighted by atomic mass is 10.00. The third-order valence-electron chi connectivity index (χ3n) is 5.53. The number of ketones is 1. The SMILES string of the molecule is O=C1C(=O)N(CCC[NH+]2CCOCC2)[C@H](c2cccs2)C1=C(O)c1ccccc1. The molecule has 2 fully saturated rings. The second-order valence-electron chi connectivity index (χ2n) is 7.34. The molecule has 0 unspecified atom stereocenters. The first kappa shape index (κ1) is 19.8. The average Bonchev–Trinajstić information content (AvgIpc) is 3.37. The zero-order valence-electron chi connectivity index (χ0n) is 16.2. The molecule has 7 heteroatoms. The number of quaternary nitrogens is 1. The number of benzene rings is 1. The van der Waals surface area contributed by atoms with Crippen molar-refractivity contribution in [3.8, 4) is 0 Å². The number of hydrogen-bond donors (Lipinski definition) is 2. The van der Waals surface area contributed by atoms with Crippen molar-refractivity contribution >= 4 is 28.8 Å². The van der Waals surface area contributed by atoms with E-state index >= 15 is 0 Å². The van der Waals surface area contributed by atoms with Crippen LogP contribution in [0.1, 0.15) is 22.9 Å². The Balaban J connectivity index is 1.60. The summed E-state index contributed by atoms with van der Waals surface area (Å²) in [6, 6.07) is 12.2. The molecule has 1 aromatic carbocycles. The van der Waals surface area contributed by atoms with E-state index in [0.29, 0.717) is 12.1 Å². The molecule has 0 radical (unpaired) electrons. The van der Waals surface area contributed by atoms with Gasteiger partial charge in [0.2, 0.25) is 0 Å². The van der Waals surface area contributed by atoms with Crippen molar-refractivity contribution in [1.82, 2.24) is 4.90 Å². The van der Waals surface area contributed by atoms with E-state index in [1.807, 2.05) is 23.6 Å². The van der Waals surface area contributed by atoms with Crippen molar-refractivity contribution in [2.45, 2.75) is 12.5 Å². The Kier molecular flexibility index (Phi) is 6.08. The van der Waals surface area contributed by atoms with Gasteiger partial charge < -0.3 is 19.6 Å². The molecule has 0 aliphatic carbocycles. The first-order valence-electron chi connectivity index (χ1n) is 9.95. The molecule has 1 amide bonds. The maximum atomic E-state index is 12.9. The minimum Gasteiger partial charge on any atom is -0.507 e. The van der Waals surface area contributed by atoms with Crippen LogP contribution >= 0.6 is 11.3 Å². The number of carbonyl (C=O) groups is 2. The number of aliphatic hydroxyl groups excluding tert-OH is 1. The van der Waals surface area contributed by atoms with Crippen molar-refractivity contribution < 1.29 is 24.3 Å². The molecule has 4 rings (SSSR count). The summed E-state index contributed by atoms with van der Waals surface area (Å²) in [6.45, 7) is 4.91. The Hall–Kier alpha value is -2.48. The molecule has 2 saturated heterocycles. The number of likely N-dealkylation sites (tertiary alicyclic amines) is 1. The van der Waals surface area contributed by atoms with E-state index < -0.39 is 17.7 Å². The quantitative estimate of drug-likeness (QED) is 0.428. The molecule has 29 heavy (non-hydrogen) atoms. The van der Waals surface area contributed by atoms with Gasteiger partial charge in [0.15, 0.2) is 0 Å². The van der Waals surface area contributed by atoms with Crippen LogP contribution in [-0.2, 0) is 14.3 Å². The lowest BCUT2D eigenvalue weighted by molar-refractivity contribution is -0.908. The standard InChI is InChI=1S/C22H24N2O4S/c25-20(16-6-2-1-3-7-16)18-19(17-8-4-15-29-17)24(22(27)21(18)26)10-5-9-23-11-13-28-14-12-23/h1-4,6-8,15,19,25H,5,9-14H2/p+1/t19-/m1/s1. The van der Waals surface area contributed by atoms with Crippen LogP contribution in [0.3, 0.4) is 0 Å². The van der Waals surface area contributed by atoms with Gasteiger partial charge in [0.05, 0.1) is 31.4 Å². The van der Waals surface area contributed by atoms with Crippen LogP contribution in [0.5, 0.6) is 0 Å². The maximum absolute atomic E-state index is 12.9. The third kappa shape index (κ3) is 4.12. The number of rotatable bonds is 6. The molecule has 3 heterocycles. The van der Waals surface area contributed by atoms with Gasteiger partial charge in [-0.3, -0.25) is 9.59 Å². The Bertz CT molecular complexity index is 889. The molecule has 0 spiro atoms. The van der Waals surface area contributed by atoms with Crippen LogP contribution in [-0.4, -0.2) is 61.1 Å². The fourth-order valence-corrected chi connectivity index (χ4v) is 4.86. The van der Waals surface area contributed by atoms with E-state index in [0.717, 1.165) is 44.1 Å². The summed E-state index contributed by atoms with van der Waals surface area (Å²) >= 11 is 1.49. The molecule has 1 aromatic heterocycles. The summed E-state index contributed by atoms with van der Waals surface area (Å²) in [4.78, 5) is 29.7. The fourth-order valence-electron chi connectivity index (χ4n) is 4.01. The second kappa shape index (κ2) is 8.90. The zero-order valence-corrected chi connectivity index (χ0v) is 17.0. The molecule has 0 bridgehead atoms. The highest BCUT2D eigenvalue weighted by atomic mass is 32.1. The van der Waals surface area contributed by atoms with Crippen LogP contribution in [0.4, 0.5) is 0 Å². The Morgan fingerprint density at radius 3 is 2.59 bits per heavy atom. The van der Waals surface area contributed by atoms with Crippen LogP contribution in [0.25, 0.3) is 5.76 Å². The molecule has 152 valence electrons. The highest BCUT2D eigenvalue weighted by Crippen LogP contribution is 2.40. The van der Waals surface area contributed by atoms with Gasteiger partial charge in [-0.05, 0) is 11.4 Å². The molecule has 2 N–H and O–H groups in total. The maximum Gasteiger partial charge on any atom is 0.295 e. The van der Waals surface area contributed by atoms with Crippen LogP contribution < -0.4 is 4.90 Å². The molecule has 0 saturated carbocycles. The fraction of sp³-hybridized carbons (Fsp3) is 0.364. The number of ether oxygens (including phenoxy) is 1. The van der Waals surface area contributed by atoms with Crippen molar-refractivity contribution in [2.75, 3.05) is 39.4 Å². The first-order chi connectivity index (χ1) is 14.2. The second-order valence-corrected chi connectivity index (χ2v) is 8.32. The molecule has 1 atom stereocenters.